The lowest BCUT2D eigenvalue weighted by atomic mass is 10.2. The van der Waals surface area contributed by atoms with Crippen molar-refractivity contribution < 1.29 is 4.42 Å². The van der Waals surface area contributed by atoms with Crippen LogP contribution in [0.25, 0.3) is 22.1 Å². The van der Waals surface area contributed by atoms with Crippen molar-refractivity contribution in [2.45, 2.75) is 0 Å². The Balaban J connectivity index is 2.46. The van der Waals surface area contributed by atoms with Crippen LogP contribution in [0.5, 0.6) is 0 Å². The third kappa shape index (κ3) is 1.15. The van der Waals surface area contributed by atoms with Crippen molar-refractivity contribution in [1.82, 2.24) is 9.97 Å². The number of para-hydroxylation sites is 1. The van der Waals surface area contributed by atoms with Crippen molar-refractivity contribution in [1.29, 1.82) is 0 Å². The van der Waals surface area contributed by atoms with Crippen LogP contribution in [-0.4, -0.2) is 17.0 Å². The summed E-state index contributed by atoms with van der Waals surface area (Å²) in [5, 5.41) is 3.93. The van der Waals surface area contributed by atoms with E-state index in [1.54, 1.807) is 13.2 Å². The van der Waals surface area contributed by atoms with Gasteiger partial charge in [-0.25, -0.2) is 9.97 Å². The second kappa shape index (κ2) is 2.95. The van der Waals surface area contributed by atoms with Gasteiger partial charge in [0.15, 0.2) is 5.58 Å². The Labute approximate surface area is 85.9 Å². The lowest BCUT2D eigenvalue weighted by Gasteiger charge is -1.95. The van der Waals surface area contributed by atoms with Crippen LogP contribution in [0, 0.1) is 0 Å². The lowest BCUT2D eigenvalue weighted by molar-refractivity contribution is 0.666. The number of furan rings is 1. The van der Waals surface area contributed by atoms with Crippen molar-refractivity contribution in [3.05, 3.63) is 30.5 Å². The Bertz CT molecular complexity index is 630. The Morgan fingerprint density at radius 3 is 2.93 bits per heavy atom. The summed E-state index contributed by atoms with van der Waals surface area (Å²) in [5.74, 6) is 0.606. The van der Waals surface area contributed by atoms with Crippen LogP contribution >= 0.6 is 0 Å². The van der Waals surface area contributed by atoms with Crippen molar-refractivity contribution in [3.63, 3.8) is 0 Å². The molecule has 0 fully saturated rings. The molecule has 1 aromatic carbocycles. The average Bonchev–Trinajstić information content (AvgIpc) is 2.66. The molecule has 0 amide bonds. The molecule has 0 spiro atoms. The van der Waals surface area contributed by atoms with E-state index in [1.165, 1.54) is 0 Å². The van der Waals surface area contributed by atoms with Crippen LogP contribution < -0.4 is 5.32 Å². The number of benzene rings is 1. The summed E-state index contributed by atoms with van der Waals surface area (Å²) < 4.78 is 5.60. The van der Waals surface area contributed by atoms with Crippen LogP contribution in [0.2, 0.25) is 0 Å². The van der Waals surface area contributed by atoms with E-state index in [0.29, 0.717) is 5.95 Å². The molecular formula is C11H9N3O. The second-order valence-electron chi connectivity index (χ2n) is 3.25. The Morgan fingerprint density at radius 2 is 2.07 bits per heavy atom. The molecule has 0 radical (unpaired) electrons. The average molecular weight is 199 g/mol. The third-order valence-electron chi connectivity index (χ3n) is 2.34. The van der Waals surface area contributed by atoms with E-state index in [4.69, 9.17) is 4.42 Å². The Kier molecular flexibility index (Phi) is 1.62. The quantitative estimate of drug-likeness (QED) is 0.653. The molecule has 2 aromatic heterocycles. The lowest BCUT2D eigenvalue weighted by Crippen LogP contribution is -1.94. The molecule has 0 atom stereocenters. The maximum atomic E-state index is 5.60. The summed E-state index contributed by atoms with van der Waals surface area (Å²) in [4.78, 5) is 8.47. The molecule has 2 heterocycles. The highest BCUT2D eigenvalue weighted by Gasteiger charge is 2.08. The summed E-state index contributed by atoms with van der Waals surface area (Å²) in [6.45, 7) is 0. The number of anilines is 1. The molecule has 0 unspecified atom stereocenters. The van der Waals surface area contributed by atoms with Gasteiger partial charge in [0.25, 0.3) is 0 Å². The summed E-state index contributed by atoms with van der Waals surface area (Å²) in [6.07, 6.45) is 1.69. The van der Waals surface area contributed by atoms with Crippen molar-refractivity contribution in [3.8, 4) is 0 Å². The molecule has 15 heavy (non-hydrogen) atoms. The van der Waals surface area contributed by atoms with E-state index in [9.17, 15) is 0 Å². The largest absolute Gasteiger partial charge is 0.453 e. The summed E-state index contributed by atoms with van der Waals surface area (Å²) in [5.41, 5.74) is 2.41. The van der Waals surface area contributed by atoms with Crippen LogP contribution in [0.4, 0.5) is 5.95 Å². The summed E-state index contributed by atoms with van der Waals surface area (Å²) in [6, 6.07) is 7.83. The maximum Gasteiger partial charge on any atom is 0.223 e. The molecule has 1 N–H and O–H groups in total. The van der Waals surface area contributed by atoms with E-state index in [1.807, 2.05) is 24.3 Å². The van der Waals surface area contributed by atoms with E-state index >= 15 is 0 Å². The number of nitrogens with zero attached hydrogens (tertiary/aromatic N) is 2. The number of nitrogens with one attached hydrogen (secondary N) is 1. The van der Waals surface area contributed by atoms with Gasteiger partial charge in [-0.2, -0.15) is 0 Å². The molecule has 3 rings (SSSR count). The highest BCUT2D eigenvalue weighted by atomic mass is 16.3. The van der Waals surface area contributed by atoms with Crippen LogP contribution in [-0.2, 0) is 0 Å². The maximum absolute atomic E-state index is 5.60. The predicted molar refractivity (Wildman–Crippen MR) is 58.9 cm³/mol. The van der Waals surface area contributed by atoms with E-state index in [-0.39, 0.29) is 0 Å². The fourth-order valence-corrected chi connectivity index (χ4v) is 1.63. The first-order valence-electron chi connectivity index (χ1n) is 4.70. The van der Waals surface area contributed by atoms with Gasteiger partial charge in [0, 0.05) is 12.4 Å². The van der Waals surface area contributed by atoms with Gasteiger partial charge >= 0.3 is 0 Å². The van der Waals surface area contributed by atoms with Gasteiger partial charge in [-0.05, 0) is 12.1 Å². The fraction of sp³-hybridized carbons (Fsp3) is 0.0909. The van der Waals surface area contributed by atoms with E-state index in [2.05, 4.69) is 15.3 Å². The topological polar surface area (TPSA) is 51.0 Å². The monoisotopic (exact) mass is 199 g/mol. The minimum absolute atomic E-state index is 0.606. The van der Waals surface area contributed by atoms with E-state index in [0.717, 1.165) is 22.1 Å². The number of rotatable bonds is 1. The molecule has 0 aliphatic heterocycles. The summed E-state index contributed by atoms with van der Waals surface area (Å²) >= 11 is 0. The molecule has 0 bridgehead atoms. The van der Waals surface area contributed by atoms with Gasteiger partial charge in [-0.3, -0.25) is 0 Å². The zero-order valence-electron chi connectivity index (χ0n) is 8.19. The van der Waals surface area contributed by atoms with Gasteiger partial charge < -0.3 is 9.73 Å². The van der Waals surface area contributed by atoms with Gasteiger partial charge in [-0.1, -0.05) is 12.1 Å². The number of aromatic nitrogens is 2. The molecule has 0 saturated heterocycles. The van der Waals surface area contributed by atoms with Gasteiger partial charge in [0.2, 0.25) is 5.95 Å². The molecule has 0 aliphatic rings. The number of hydrogen-bond acceptors (Lipinski definition) is 4. The highest BCUT2D eigenvalue weighted by Crippen LogP contribution is 2.26. The normalized spacial score (nSPS) is 11.0. The molecule has 4 nitrogen and oxygen atoms in total. The van der Waals surface area contributed by atoms with Crippen molar-refractivity contribution in [2.75, 3.05) is 12.4 Å². The zero-order valence-corrected chi connectivity index (χ0v) is 8.19. The van der Waals surface area contributed by atoms with Crippen LogP contribution in [0.3, 0.4) is 0 Å². The molecule has 4 heteroatoms. The van der Waals surface area contributed by atoms with Gasteiger partial charge in [0.1, 0.15) is 11.1 Å². The van der Waals surface area contributed by atoms with Crippen LogP contribution in [0.15, 0.2) is 34.9 Å². The molecule has 0 aliphatic carbocycles. The first-order valence-corrected chi connectivity index (χ1v) is 4.70. The SMILES string of the molecule is CNc1ncc2oc3ccccc3c2n1. The Hall–Kier alpha value is -2.10. The van der Waals surface area contributed by atoms with E-state index < -0.39 is 0 Å². The van der Waals surface area contributed by atoms with Crippen LogP contribution in [0.1, 0.15) is 0 Å². The predicted octanol–water partition coefficient (Wildman–Crippen LogP) is 2.42. The minimum Gasteiger partial charge on any atom is -0.453 e. The van der Waals surface area contributed by atoms with Crippen molar-refractivity contribution in [2.24, 2.45) is 0 Å². The molecular weight excluding hydrogens is 190 g/mol. The number of fused-ring (bicyclic) bond motifs is 3. The van der Waals surface area contributed by atoms with Gasteiger partial charge in [0.05, 0.1) is 6.20 Å². The standard InChI is InChI=1S/C11H9N3O/c1-12-11-13-6-9-10(14-11)7-4-2-3-5-8(7)15-9/h2-6H,1H3,(H,12,13,14). The van der Waals surface area contributed by atoms with Crippen molar-refractivity contribution >= 4 is 28.0 Å². The number of hydrogen-bond donors (Lipinski definition) is 1. The molecule has 3 aromatic rings. The smallest absolute Gasteiger partial charge is 0.223 e. The molecule has 0 saturated carbocycles. The second-order valence-corrected chi connectivity index (χ2v) is 3.25. The third-order valence-corrected chi connectivity index (χ3v) is 2.34. The minimum atomic E-state index is 0.606. The Morgan fingerprint density at radius 1 is 1.20 bits per heavy atom. The first-order chi connectivity index (χ1) is 7.38. The fourth-order valence-electron chi connectivity index (χ4n) is 1.63. The van der Waals surface area contributed by atoms with Gasteiger partial charge in [-0.15, -0.1) is 0 Å². The first kappa shape index (κ1) is 8.23. The summed E-state index contributed by atoms with van der Waals surface area (Å²) in [7, 11) is 1.80. The molecule has 74 valence electrons. The highest BCUT2D eigenvalue weighted by molar-refractivity contribution is 6.02. The zero-order chi connectivity index (χ0) is 10.3.